The fourth-order valence-corrected chi connectivity index (χ4v) is 2.54. The van der Waals surface area contributed by atoms with Crippen LogP contribution in [0.15, 0.2) is 47.1 Å². The van der Waals surface area contributed by atoms with E-state index in [-0.39, 0.29) is 24.2 Å². The van der Waals surface area contributed by atoms with Crippen LogP contribution in [0.25, 0.3) is 0 Å². The molecule has 2 unspecified atom stereocenters. The highest BCUT2D eigenvalue weighted by atomic mass is 16.3. The molecule has 1 aromatic heterocycles. The lowest BCUT2D eigenvalue weighted by molar-refractivity contribution is 0.0732. The third kappa shape index (κ3) is 2.22. The van der Waals surface area contributed by atoms with E-state index in [9.17, 15) is 20.1 Å². The van der Waals surface area contributed by atoms with Crippen molar-refractivity contribution < 1.29 is 15.3 Å². The largest absolute Gasteiger partial charge is 0.510 e. The smallest absolute Gasteiger partial charge is 0.181 e. The van der Waals surface area contributed by atoms with E-state index in [1.807, 2.05) is 0 Å². The van der Waals surface area contributed by atoms with E-state index in [4.69, 9.17) is 0 Å². The molecule has 5 nitrogen and oxygen atoms in total. The molecule has 0 saturated carbocycles. The lowest BCUT2D eigenvalue weighted by Gasteiger charge is -2.37. The highest BCUT2D eigenvalue weighted by Crippen LogP contribution is 2.37. The van der Waals surface area contributed by atoms with Crippen LogP contribution in [0, 0.1) is 0 Å². The summed E-state index contributed by atoms with van der Waals surface area (Å²) in [4.78, 5) is 11.6. The number of aromatic nitrogens is 1. The Balaban J connectivity index is 2.63. The third-order valence-electron chi connectivity index (χ3n) is 3.55. The van der Waals surface area contributed by atoms with Gasteiger partial charge in [-0.1, -0.05) is 12.2 Å². The normalized spacial score (nSPS) is 26.3. The van der Waals surface area contributed by atoms with Crippen molar-refractivity contribution in [3.8, 4) is 0 Å². The highest BCUT2D eigenvalue weighted by molar-refractivity contribution is 5.37. The van der Waals surface area contributed by atoms with Gasteiger partial charge < -0.3 is 19.9 Å². The number of hydrogen-bond donors (Lipinski definition) is 3. The van der Waals surface area contributed by atoms with Crippen LogP contribution in [0.5, 0.6) is 0 Å². The van der Waals surface area contributed by atoms with E-state index in [1.54, 1.807) is 30.0 Å². The highest BCUT2D eigenvalue weighted by Gasteiger charge is 2.42. The number of nitrogens with zero attached hydrogens (tertiary/aromatic N) is 1. The van der Waals surface area contributed by atoms with Crippen molar-refractivity contribution in [2.45, 2.75) is 17.9 Å². The fraction of sp³-hybridized carbons (Fsp3) is 0.357. The molecule has 0 aliphatic heterocycles. The Morgan fingerprint density at radius 2 is 2.21 bits per heavy atom. The van der Waals surface area contributed by atoms with Crippen LogP contribution in [0.4, 0.5) is 0 Å². The molecule has 0 spiro atoms. The first kappa shape index (κ1) is 13.6. The molecule has 2 atom stereocenters. The average Bonchev–Trinajstić information content (AvgIpc) is 2.38. The van der Waals surface area contributed by atoms with Gasteiger partial charge in [0.15, 0.2) is 5.43 Å². The van der Waals surface area contributed by atoms with Gasteiger partial charge in [-0.2, -0.15) is 0 Å². The summed E-state index contributed by atoms with van der Waals surface area (Å²) >= 11 is 0. The molecular formula is C14H17NO4. The summed E-state index contributed by atoms with van der Waals surface area (Å²) in [6.45, 7) is -0.169. The summed E-state index contributed by atoms with van der Waals surface area (Å²) in [7, 11) is 1.75. The van der Waals surface area contributed by atoms with Crippen LogP contribution in [0.3, 0.4) is 0 Å². The zero-order valence-electron chi connectivity index (χ0n) is 10.7. The minimum Gasteiger partial charge on any atom is -0.510 e. The van der Waals surface area contributed by atoms with Gasteiger partial charge in [-0.15, -0.1) is 0 Å². The topological polar surface area (TPSA) is 82.7 Å². The Kier molecular flexibility index (Phi) is 3.59. The molecule has 1 aliphatic rings. The van der Waals surface area contributed by atoms with Crippen molar-refractivity contribution in [1.29, 1.82) is 0 Å². The van der Waals surface area contributed by atoms with E-state index in [2.05, 4.69) is 0 Å². The lowest BCUT2D eigenvalue weighted by Crippen LogP contribution is -2.43. The standard InChI is InChI=1S/C14H17NO4/c1-15-7-4-10(17)9-12(15)14(6-8-16)5-2-3-11(18)13(14)19/h2-5,7,9,13,16,18-19H,6,8H2,1H3. The SMILES string of the molecule is Cn1ccc(=O)cc1C1(CCO)C=CC=C(O)C1O. The molecular weight excluding hydrogens is 246 g/mol. The molecule has 0 saturated heterocycles. The van der Waals surface area contributed by atoms with Crippen LogP contribution >= 0.6 is 0 Å². The van der Waals surface area contributed by atoms with Gasteiger partial charge in [0.25, 0.3) is 0 Å². The Labute approximate surface area is 110 Å². The van der Waals surface area contributed by atoms with Crippen LogP contribution < -0.4 is 5.43 Å². The first-order valence-electron chi connectivity index (χ1n) is 6.06. The van der Waals surface area contributed by atoms with Crippen LogP contribution in [-0.2, 0) is 12.5 Å². The van der Waals surface area contributed by atoms with E-state index >= 15 is 0 Å². The molecule has 2 rings (SSSR count). The predicted molar refractivity (Wildman–Crippen MR) is 70.9 cm³/mol. The minimum atomic E-state index is -1.18. The van der Waals surface area contributed by atoms with Gasteiger partial charge in [0.1, 0.15) is 11.9 Å². The van der Waals surface area contributed by atoms with Gasteiger partial charge in [-0.05, 0) is 12.5 Å². The third-order valence-corrected chi connectivity index (χ3v) is 3.55. The van der Waals surface area contributed by atoms with Crippen molar-refractivity contribution in [2.75, 3.05) is 6.61 Å². The van der Waals surface area contributed by atoms with E-state index in [1.165, 1.54) is 18.2 Å². The fourth-order valence-electron chi connectivity index (χ4n) is 2.54. The van der Waals surface area contributed by atoms with E-state index in [0.717, 1.165) is 0 Å². The molecule has 0 fully saturated rings. The molecule has 1 aromatic rings. The predicted octanol–water partition coefficient (Wildman–Crippen LogP) is 0.378. The van der Waals surface area contributed by atoms with Crippen LogP contribution in [-0.4, -0.2) is 32.6 Å². The number of hydrogen-bond acceptors (Lipinski definition) is 4. The molecule has 3 N–H and O–H groups in total. The monoisotopic (exact) mass is 263 g/mol. The summed E-state index contributed by atoms with van der Waals surface area (Å²) in [5.41, 5.74) is -0.625. The molecule has 0 bridgehead atoms. The van der Waals surface area contributed by atoms with Gasteiger partial charge in [0.05, 0.1) is 5.41 Å². The Morgan fingerprint density at radius 3 is 2.89 bits per heavy atom. The molecule has 0 aromatic carbocycles. The van der Waals surface area contributed by atoms with E-state index in [0.29, 0.717) is 5.69 Å². The van der Waals surface area contributed by atoms with Crippen molar-refractivity contribution in [2.24, 2.45) is 7.05 Å². The van der Waals surface area contributed by atoms with Crippen LogP contribution in [0.2, 0.25) is 0 Å². The number of aryl methyl sites for hydroxylation is 1. The second-order valence-corrected chi connectivity index (χ2v) is 4.73. The number of allylic oxidation sites excluding steroid dienone is 2. The first-order valence-corrected chi connectivity index (χ1v) is 6.06. The van der Waals surface area contributed by atoms with Gasteiger partial charge in [0.2, 0.25) is 0 Å². The van der Waals surface area contributed by atoms with Gasteiger partial charge in [-0.3, -0.25) is 4.79 Å². The maximum absolute atomic E-state index is 11.6. The van der Waals surface area contributed by atoms with Gasteiger partial charge >= 0.3 is 0 Å². The summed E-state index contributed by atoms with van der Waals surface area (Å²) in [6.07, 6.45) is 5.36. The van der Waals surface area contributed by atoms with Crippen molar-refractivity contribution in [3.63, 3.8) is 0 Å². The Morgan fingerprint density at radius 1 is 1.47 bits per heavy atom. The number of pyridine rings is 1. The van der Waals surface area contributed by atoms with Crippen molar-refractivity contribution in [1.82, 2.24) is 4.57 Å². The maximum atomic E-state index is 11.6. The number of rotatable bonds is 3. The Bertz CT molecular complexity index is 587. The zero-order valence-corrected chi connectivity index (χ0v) is 10.7. The Hall–Kier alpha value is -1.85. The average molecular weight is 263 g/mol. The van der Waals surface area contributed by atoms with Crippen LogP contribution in [0.1, 0.15) is 12.1 Å². The van der Waals surface area contributed by atoms with Crippen molar-refractivity contribution in [3.05, 3.63) is 58.2 Å². The summed E-state index contributed by atoms with van der Waals surface area (Å²) in [5.74, 6) is -0.174. The van der Waals surface area contributed by atoms with E-state index < -0.39 is 11.5 Å². The maximum Gasteiger partial charge on any atom is 0.181 e. The molecule has 0 amide bonds. The molecule has 5 heteroatoms. The zero-order chi connectivity index (χ0) is 14.0. The van der Waals surface area contributed by atoms with Gasteiger partial charge in [-0.25, -0.2) is 0 Å². The molecule has 102 valence electrons. The number of aliphatic hydroxyl groups is 3. The molecule has 1 heterocycles. The number of aliphatic hydroxyl groups excluding tert-OH is 3. The second kappa shape index (κ2) is 5.03. The summed E-state index contributed by atoms with van der Waals surface area (Å²) in [6, 6.07) is 2.84. The summed E-state index contributed by atoms with van der Waals surface area (Å²) in [5, 5.41) is 29.3. The quantitative estimate of drug-likeness (QED) is 0.736. The first-order chi connectivity index (χ1) is 9.01. The van der Waals surface area contributed by atoms with Gasteiger partial charge in [0, 0.05) is 37.7 Å². The molecule has 1 aliphatic carbocycles. The lowest BCUT2D eigenvalue weighted by atomic mass is 9.72. The molecule has 0 radical (unpaired) electrons. The summed E-state index contributed by atoms with van der Waals surface area (Å²) < 4.78 is 1.71. The minimum absolute atomic E-state index is 0.169. The molecule has 19 heavy (non-hydrogen) atoms. The second-order valence-electron chi connectivity index (χ2n) is 4.73. The van der Waals surface area contributed by atoms with Crippen molar-refractivity contribution >= 4 is 0 Å².